The SMILES string of the molecule is CC(=NNC(=O)c1ccccc1Cl)c1cccc(NC(=O)c2ccccc2Cl)c1. The van der Waals surface area contributed by atoms with Crippen molar-refractivity contribution in [2.75, 3.05) is 5.32 Å². The van der Waals surface area contributed by atoms with Crippen molar-refractivity contribution in [3.63, 3.8) is 0 Å². The van der Waals surface area contributed by atoms with Crippen molar-refractivity contribution in [1.29, 1.82) is 0 Å². The molecular formula is C22H17Cl2N3O2. The number of carbonyl (C=O) groups excluding carboxylic acids is 2. The van der Waals surface area contributed by atoms with Crippen LogP contribution in [0.1, 0.15) is 33.2 Å². The van der Waals surface area contributed by atoms with Crippen LogP contribution in [0.5, 0.6) is 0 Å². The average Bonchev–Trinajstić information content (AvgIpc) is 2.72. The van der Waals surface area contributed by atoms with E-state index in [1.807, 2.05) is 6.07 Å². The third-order valence-corrected chi connectivity index (χ3v) is 4.76. The Morgan fingerprint density at radius 2 is 1.38 bits per heavy atom. The number of hydrogen-bond donors (Lipinski definition) is 2. The van der Waals surface area contributed by atoms with Crippen molar-refractivity contribution in [2.45, 2.75) is 6.92 Å². The van der Waals surface area contributed by atoms with Crippen LogP contribution in [-0.4, -0.2) is 17.5 Å². The van der Waals surface area contributed by atoms with Crippen LogP contribution in [0.3, 0.4) is 0 Å². The van der Waals surface area contributed by atoms with Crippen LogP contribution in [0, 0.1) is 0 Å². The molecule has 0 unspecified atom stereocenters. The summed E-state index contributed by atoms with van der Waals surface area (Å²) in [5.41, 5.74) is 5.11. The lowest BCUT2D eigenvalue weighted by atomic mass is 10.1. The number of nitrogens with zero attached hydrogens (tertiary/aromatic N) is 1. The van der Waals surface area contributed by atoms with E-state index in [0.29, 0.717) is 32.6 Å². The molecule has 0 saturated carbocycles. The largest absolute Gasteiger partial charge is 0.322 e. The number of carbonyl (C=O) groups is 2. The highest BCUT2D eigenvalue weighted by molar-refractivity contribution is 6.34. The average molecular weight is 426 g/mol. The summed E-state index contributed by atoms with van der Waals surface area (Å²) in [6.45, 7) is 1.75. The van der Waals surface area contributed by atoms with Gasteiger partial charge in [0.2, 0.25) is 0 Å². The Morgan fingerprint density at radius 1 is 0.793 bits per heavy atom. The molecule has 0 heterocycles. The van der Waals surface area contributed by atoms with Gasteiger partial charge in [-0.1, -0.05) is 59.6 Å². The Morgan fingerprint density at radius 3 is 2.00 bits per heavy atom. The van der Waals surface area contributed by atoms with Gasteiger partial charge in [-0.3, -0.25) is 9.59 Å². The maximum Gasteiger partial charge on any atom is 0.272 e. The second kappa shape index (κ2) is 9.37. The zero-order chi connectivity index (χ0) is 20.8. The van der Waals surface area contributed by atoms with Gasteiger partial charge in [-0.15, -0.1) is 0 Å². The lowest BCUT2D eigenvalue weighted by Gasteiger charge is -2.09. The van der Waals surface area contributed by atoms with Crippen LogP contribution < -0.4 is 10.7 Å². The van der Waals surface area contributed by atoms with Crippen LogP contribution in [0.25, 0.3) is 0 Å². The second-order valence-electron chi connectivity index (χ2n) is 6.13. The van der Waals surface area contributed by atoms with Crippen LogP contribution >= 0.6 is 23.2 Å². The van der Waals surface area contributed by atoms with Crippen molar-refractivity contribution < 1.29 is 9.59 Å². The molecule has 3 aromatic rings. The molecule has 0 aliphatic rings. The Kier molecular flexibility index (Phi) is 6.65. The first-order chi connectivity index (χ1) is 14.0. The summed E-state index contributed by atoms with van der Waals surface area (Å²) >= 11 is 12.1. The first kappa shape index (κ1) is 20.6. The van der Waals surface area contributed by atoms with E-state index in [4.69, 9.17) is 23.2 Å². The molecule has 0 atom stereocenters. The van der Waals surface area contributed by atoms with E-state index in [-0.39, 0.29) is 5.91 Å². The Hall–Kier alpha value is -3.15. The van der Waals surface area contributed by atoms with E-state index in [2.05, 4.69) is 15.8 Å². The minimum absolute atomic E-state index is 0.311. The van der Waals surface area contributed by atoms with Gasteiger partial charge < -0.3 is 5.32 Å². The minimum atomic E-state index is -0.405. The van der Waals surface area contributed by atoms with E-state index in [1.165, 1.54) is 0 Å². The maximum atomic E-state index is 12.4. The van der Waals surface area contributed by atoms with Gasteiger partial charge in [0.15, 0.2) is 0 Å². The number of hydrogen-bond acceptors (Lipinski definition) is 3. The Balaban J connectivity index is 1.72. The molecule has 2 N–H and O–H groups in total. The molecule has 5 nitrogen and oxygen atoms in total. The highest BCUT2D eigenvalue weighted by Gasteiger charge is 2.11. The number of halogens is 2. The topological polar surface area (TPSA) is 70.6 Å². The summed E-state index contributed by atoms with van der Waals surface area (Å²) in [6, 6.07) is 20.7. The normalized spacial score (nSPS) is 11.1. The zero-order valence-electron chi connectivity index (χ0n) is 15.4. The van der Waals surface area contributed by atoms with Crippen molar-refractivity contribution in [2.24, 2.45) is 5.10 Å². The standard InChI is InChI=1S/C22H17Cl2N3O2/c1-14(26-27-22(29)18-10-3-5-12-20(18)24)15-7-6-8-16(13-15)25-21(28)17-9-2-4-11-19(17)23/h2-13H,1H3,(H,25,28)(H,27,29). The highest BCUT2D eigenvalue weighted by atomic mass is 35.5. The third-order valence-electron chi connectivity index (χ3n) is 4.10. The van der Waals surface area contributed by atoms with Gasteiger partial charge in [0, 0.05) is 5.69 Å². The summed E-state index contributed by atoms with van der Waals surface area (Å²) in [5, 5.41) is 7.66. The molecule has 0 aliphatic carbocycles. The zero-order valence-corrected chi connectivity index (χ0v) is 17.0. The summed E-state index contributed by atoms with van der Waals surface area (Å²) in [6.07, 6.45) is 0. The molecule has 0 aromatic heterocycles. The van der Waals surface area contributed by atoms with Crippen LogP contribution in [-0.2, 0) is 0 Å². The number of rotatable bonds is 5. The molecule has 0 spiro atoms. The van der Waals surface area contributed by atoms with E-state index in [1.54, 1.807) is 73.7 Å². The fourth-order valence-corrected chi connectivity index (χ4v) is 3.01. The lowest BCUT2D eigenvalue weighted by Crippen LogP contribution is -2.19. The van der Waals surface area contributed by atoms with Crippen molar-refractivity contribution in [1.82, 2.24) is 5.43 Å². The molecular weight excluding hydrogens is 409 g/mol. The Bertz CT molecular complexity index is 1100. The Labute approximate surface area is 178 Å². The van der Waals surface area contributed by atoms with Gasteiger partial charge in [-0.25, -0.2) is 5.43 Å². The van der Waals surface area contributed by atoms with E-state index in [9.17, 15) is 9.59 Å². The van der Waals surface area contributed by atoms with E-state index in [0.717, 1.165) is 5.56 Å². The fraction of sp³-hybridized carbons (Fsp3) is 0.0455. The van der Waals surface area contributed by atoms with Crippen molar-refractivity contribution in [3.05, 3.63) is 99.5 Å². The molecule has 2 amide bonds. The highest BCUT2D eigenvalue weighted by Crippen LogP contribution is 2.18. The van der Waals surface area contributed by atoms with Crippen molar-refractivity contribution in [3.8, 4) is 0 Å². The summed E-state index contributed by atoms with van der Waals surface area (Å²) in [5.74, 6) is -0.715. The molecule has 7 heteroatoms. The summed E-state index contributed by atoms with van der Waals surface area (Å²) in [7, 11) is 0. The van der Waals surface area contributed by atoms with Crippen LogP contribution in [0.2, 0.25) is 10.0 Å². The molecule has 0 fully saturated rings. The fourth-order valence-electron chi connectivity index (χ4n) is 2.57. The predicted octanol–water partition coefficient (Wildman–Crippen LogP) is 5.40. The number of hydrazone groups is 1. The molecule has 146 valence electrons. The van der Waals surface area contributed by atoms with Gasteiger partial charge in [0.05, 0.1) is 26.9 Å². The molecule has 0 bridgehead atoms. The van der Waals surface area contributed by atoms with Crippen LogP contribution in [0.4, 0.5) is 5.69 Å². The molecule has 3 aromatic carbocycles. The number of benzene rings is 3. The van der Waals surface area contributed by atoms with Crippen molar-refractivity contribution >= 4 is 46.4 Å². The number of nitrogens with one attached hydrogen (secondary N) is 2. The minimum Gasteiger partial charge on any atom is -0.322 e. The maximum absolute atomic E-state index is 12.4. The smallest absolute Gasteiger partial charge is 0.272 e. The number of anilines is 1. The van der Waals surface area contributed by atoms with Crippen LogP contribution in [0.15, 0.2) is 77.9 Å². The third kappa shape index (κ3) is 5.22. The second-order valence-corrected chi connectivity index (χ2v) is 6.95. The first-order valence-electron chi connectivity index (χ1n) is 8.71. The molecule has 0 aliphatic heterocycles. The lowest BCUT2D eigenvalue weighted by molar-refractivity contribution is 0.0954. The van der Waals surface area contributed by atoms with Gasteiger partial charge in [0.1, 0.15) is 0 Å². The van der Waals surface area contributed by atoms with Gasteiger partial charge >= 0.3 is 0 Å². The van der Waals surface area contributed by atoms with E-state index < -0.39 is 5.91 Å². The molecule has 0 radical (unpaired) electrons. The van der Waals surface area contributed by atoms with E-state index >= 15 is 0 Å². The molecule has 29 heavy (non-hydrogen) atoms. The molecule has 0 saturated heterocycles. The van der Waals surface area contributed by atoms with Gasteiger partial charge in [-0.05, 0) is 48.9 Å². The number of amides is 2. The van der Waals surface area contributed by atoms with Gasteiger partial charge in [-0.2, -0.15) is 5.10 Å². The quantitative estimate of drug-likeness (QED) is 0.424. The summed E-state index contributed by atoms with van der Waals surface area (Å²) in [4.78, 5) is 24.7. The summed E-state index contributed by atoms with van der Waals surface area (Å²) < 4.78 is 0. The van der Waals surface area contributed by atoms with Gasteiger partial charge in [0.25, 0.3) is 11.8 Å². The molecule has 3 rings (SSSR count). The first-order valence-corrected chi connectivity index (χ1v) is 9.47. The predicted molar refractivity (Wildman–Crippen MR) is 117 cm³/mol. The monoisotopic (exact) mass is 425 g/mol.